The van der Waals surface area contributed by atoms with E-state index in [0.29, 0.717) is 4.60 Å². The lowest BCUT2D eigenvalue weighted by atomic mass is 9.80. The Morgan fingerprint density at radius 1 is 1.53 bits per heavy atom. The van der Waals surface area contributed by atoms with Crippen molar-refractivity contribution in [1.29, 1.82) is 0 Å². The van der Waals surface area contributed by atoms with Crippen LogP contribution in [0.15, 0.2) is 22.9 Å². The molecule has 1 aromatic heterocycles. The molecule has 0 radical (unpaired) electrons. The van der Waals surface area contributed by atoms with Crippen LogP contribution in [-0.2, 0) is 4.79 Å². The number of hydrogen-bond acceptors (Lipinski definition) is 3. The lowest BCUT2D eigenvalue weighted by molar-refractivity contribution is -0.126. The van der Waals surface area contributed by atoms with Gasteiger partial charge in [0.25, 0.3) is 0 Å². The van der Waals surface area contributed by atoms with Crippen molar-refractivity contribution in [2.45, 2.75) is 19.8 Å². The maximum absolute atomic E-state index is 12.3. The first-order chi connectivity index (χ1) is 8.12. The number of hydrogen-bond donors (Lipinski definition) is 2. The summed E-state index contributed by atoms with van der Waals surface area (Å²) in [5.74, 6) is 0.0766. The van der Waals surface area contributed by atoms with Crippen LogP contribution >= 0.6 is 15.9 Å². The van der Waals surface area contributed by atoms with Crippen molar-refractivity contribution >= 4 is 27.5 Å². The first kappa shape index (κ1) is 12.5. The van der Waals surface area contributed by atoms with Gasteiger partial charge in [0.05, 0.1) is 5.69 Å². The third-order valence-corrected chi connectivity index (χ3v) is 3.89. The molecule has 1 fully saturated rings. The minimum atomic E-state index is -0.277. The van der Waals surface area contributed by atoms with Crippen molar-refractivity contribution in [2.75, 3.05) is 18.4 Å². The molecule has 0 aromatic carbocycles. The number of nitrogens with one attached hydrogen (secondary N) is 2. The van der Waals surface area contributed by atoms with E-state index in [9.17, 15) is 4.79 Å². The van der Waals surface area contributed by atoms with E-state index in [-0.39, 0.29) is 11.3 Å². The smallest absolute Gasteiger partial charge is 0.230 e. The van der Waals surface area contributed by atoms with E-state index in [1.807, 2.05) is 19.1 Å². The maximum atomic E-state index is 12.3. The molecule has 0 unspecified atom stereocenters. The van der Waals surface area contributed by atoms with Gasteiger partial charge in [0.15, 0.2) is 0 Å². The quantitative estimate of drug-likeness (QED) is 0.823. The molecule has 4 nitrogen and oxygen atoms in total. The Morgan fingerprint density at radius 2 is 2.24 bits per heavy atom. The van der Waals surface area contributed by atoms with Crippen molar-refractivity contribution in [2.24, 2.45) is 5.41 Å². The molecule has 1 aliphatic rings. The molecule has 92 valence electrons. The zero-order chi connectivity index (χ0) is 12.3. The van der Waals surface area contributed by atoms with Crippen LogP contribution in [0.3, 0.4) is 0 Å². The summed E-state index contributed by atoms with van der Waals surface area (Å²) in [6.07, 6.45) is 3.43. The second-order valence-corrected chi connectivity index (χ2v) is 5.36. The van der Waals surface area contributed by atoms with E-state index in [2.05, 4.69) is 31.5 Å². The Hall–Kier alpha value is -0.940. The summed E-state index contributed by atoms with van der Waals surface area (Å²) in [5, 5.41) is 6.21. The highest BCUT2D eigenvalue weighted by atomic mass is 79.9. The first-order valence-corrected chi connectivity index (χ1v) is 6.54. The van der Waals surface area contributed by atoms with Crippen molar-refractivity contribution in [1.82, 2.24) is 10.3 Å². The third kappa shape index (κ3) is 2.84. The number of anilines is 1. The molecule has 1 amide bonds. The summed E-state index contributed by atoms with van der Waals surface area (Å²) >= 11 is 3.33. The molecule has 2 heterocycles. The molecule has 2 rings (SSSR count). The molecule has 1 aromatic rings. The Labute approximate surface area is 109 Å². The Bertz CT molecular complexity index is 416. The summed E-state index contributed by atoms with van der Waals surface area (Å²) in [7, 11) is 0. The van der Waals surface area contributed by atoms with Crippen LogP contribution < -0.4 is 10.6 Å². The highest BCUT2D eigenvalue weighted by Crippen LogP contribution is 2.30. The number of rotatable bonds is 2. The zero-order valence-corrected chi connectivity index (χ0v) is 11.4. The normalized spacial score (nSPS) is 18.7. The molecule has 1 aliphatic heterocycles. The first-order valence-electron chi connectivity index (χ1n) is 5.74. The van der Waals surface area contributed by atoms with Crippen LogP contribution in [-0.4, -0.2) is 24.0 Å². The third-order valence-electron chi connectivity index (χ3n) is 3.26. The minimum absolute atomic E-state index is 0.0766. The van der Waals surface area contributed by atoms with Gasteiger partial charge >= 0.3 is 0 Å². The van der Waals surface area contributed by atoms with E-state index in [4.69, 9.17) is 0 Å². The number of halogens is 1. The van der Waals surface area contributed by atoms with Gasteiger partial charge in [-0.25, -0.2) is 4.98 Å². The molecule has 0 aliphatic carbocycles. The number of amides is 1. The van der Waals surface area contributed by atoms with Crippen molar-refractivity contribution in [3.05, 3.63) is 22.9 Å². The van der Waals surface area contributed by atoms with Crippen molar-refractivity contribution < 1.29 is 4.79 Å². The largest absolute Gasteiger partial charge is 0.323 e. The van der Waals surface area contributed by atoms with Crippen LogP contribution in [0.25, 0.3) is 0 Å². The van der Waals surface area contributed by atoms with Gasteiger partial charge in [-0.3, -0.25) is 4.79 Å². The van der Waals surface area contributed by atoms with E-state index in [1.165, 1.54) is 0 Å². The molecule has 0 atom stereocenters. The summed E-state index contributed by atoms with van der Waals surface area (Å²) in [5.41, 5.74) is 0.456. The fourth-order valence-corrected chi connectivity index (χ4v) is 2.31. The fourth-order valence-electron chi connectivity index (χ4n) is 1.96. The predicted molar refractivity (Wildman–Crippen MR) is 70.8 cm³/mol. The molecule has 0 bridgehead atoms. The Balaban J connectivity index is 2.08. The monoisotopic (exact) mass is 297 g/mol. The summed E-state index contributed by atoms with van der Waals surface area (Å²) in [6.45, 7) is 3.82. The number of piperidine rings is 1. The lowest BCUT2D eigenvalue weighted by Crippen LogP contribution is -2.42. The molecule has 2 N–H and O–H groups in total. The summed E-state index contributed by atoms with van der Waals surface area (Å²) in [6, 6.07) is 3.66. The second-order valence-electron chi connectivity index (χ2n) is 4.61. The van der Waals surface area contributed by atoms with Crippen molar-refractivity contribution in [3.63, 3.8) is 0 Å². The number of carbonyl (C=O) groups is 1. The number of pyridine rings is 1. The molecule has 17 heavy (non-hydrogen) atoms. The van der Waals surface area contributed by atoms with Crippen LogP contribution in [0.2, 0.25) is 0 Å². The van der Waals surface area contributed by atoms with Crippen molar-refractivity contribution in [3.8, 4) is 0 Å². The average Bonchev–Trinajstić information content (AvgIpc) is 2.33. The lowest BCUT2D eigenvalue weighted by Gasteiger charge is -2.32. The molecule has 5 heteroatoms. The van der Waals surface area contributed by atoms with Gasteiger partial charge < -0.3 is 10.6 Å². The van der Waals surface area contributed by atoms with Gasteiger partial charge in [0.2, 0.25) is 5.91 Å². The molecular formula is C12H16BrN3O. The summed E-state index contributed by atoms with van der Waals surface area (Å²) < 4.78 is 0.672. The number of carbonyl (C=O) groups excluding carboxylic acids is 1. The predicted octanol–water partition coefficient (Wildman–Crippen LogP) is 2.17. The maximum Gasteiger partial charge on any atom is 0.230 e. The van der Waals surface area contributed by atoms with Crippen LogP contribution in [0.5, 0.6) is 0 Å². The van der Waals surface area contributed by atoms with Gasteiger partial charge in [-0.15, -0.1) is 0 Å². The standard InChI is InChI=1S/C12H16BrN3O/c1-12(4-7-14-8-5-12)11(17)16-9-3-2-6-15-10(9)13/h2-3,6,14H,4-5,7-8H2,1H3,(H,16,17). The van der Waals surface area contributed by atoms with Crippen LogP contribution in [0, 0.1) is 5.41 Å². The van der Waals surface area contributed by atoms with Gasteiger partial charge in [0.1, 0.15) is 4.60 Å². The summed E-state index contributed by atoms with van der Waals surface area (Å²) in [4.78, 5) is 16.3. The molecule has 0 spiro atoms. The fraction of sp³-hybridized carbons (Fsp3) is 0.500. The Morgan fingerprint density at radius 3 is 2.88 bits per heavy atom. The zero-order valence-electron chi connectivity index (χ0n) is 9.79. The van der Waals surface area contributed by atoms with E-state index in [0.717, 1.165) is 31.6 Å². The van der Waals surface area contributed by atoms with E-state index >= 15 is 0 Å². The topological polar surface area (TPSA) is 54.0 Å². The molecule has 1 saturated heterocycles. The van der Waals surface area contributed by atoms with Gasteiger partial charge in [-0.05, 0) is 54.0 Å². The minimum Gasteiger partial charge on any atom is -0.323 e. The Kier molecular flexibility index (Phi) is 3.79. The van der Waals surface area contributed by atoms with Gasteiger partial charge in [-0.2, -0.15) is 0 Å². The van der Waals surface area contributed by atoms with E-state index < -0.39 is 0 Å². The van der Waals surface area contributed by atoms with E-state index in [1.54, 1.807) is 6.20 Å². The number of nitrogens with zero attached hydrogens (tertiary/aromatic N) is 1. The number of aromatic nitrogens is 1. The van der Waals surface area contributed by atoms with Gasteiger partial charge in [-0.1, -0.05) is 6.92 Å². The molecular weight excluding hydrogens is 282 g/mol. The van der Waals surface area contributed by atoms with Gasteiger partial charge in [0, 0.05) is 11.6 Å². The van der Waals surface area contributed by atoms with Crippen LogP contribution in [0.1, 0.15) is 19.8 Å². The SMILES string of the molecule is CC1(C(=O)Nc2cccnc2Br)CCNCC1. The highest BCUT2D eigenvalue weighted by molar-refractivity contribution is 9.10. The van der Waals surface area contributed by atoms with Crippen LogP contribution in [0.4, 0.5) is 5.69 Å². The second kappa shape index (κ2) is 5.14. The highest BCUT2D eigenvalue weighted by Gasteiger charge is 2.34. The molecule has 0 saturated carbocycles. The average molecular weight is 298 g/mol.